The molecule has 1 aromatic heterocycles. The van der Waals surface area contributed by atoms with Gasteiger partial charge in [0.05, 0.1) is 18.3 Å². The highest BCUT2D eigenvalue weighted by Crippen LogP contribution is 2.11. The molecule has 0 aliphatic rings. The van der Waals surface area contributed by atoms with Crippen molar-refractivity contribution in [3.05, 3.63) is 18.0 Å². The number of aryl methyl sites for hydroxylation is 1. The molecule has 1 aromatic rings. The topological polar surface area (TPSA) is 72.9 Å². The van der Waals surface area contributed by atoms with E-state index in [1.807, 2.05) is 20.2 Å². The number of hydrogen-bond donors (Lipinski definition) is 2. The maximum absolute atomic E-state index is 11.8. The predicted octanol–water partition coefficient (Wildman–Crippen LogP) is 0.971. The molecule has 0 bridgehead atoms. The summed E-state index contributed by atoms with van der Waals surface area (Å²) < 4.78 is 1.71. The summed E-state index contributed by atoms with van der Waals surface area (Å²) in [5.74, 6) is 0.319. The molecule has 5 heteroatoms. The maximum atomic E-state index is 11.8. The molecule has 0 aromatic carbocycles. The van der Waals surface area contributed by atoms with Gasteiger partial charge in [0.2, 0.25) is 5.91 Å². The molecule has 0 radical (unpaired) electrons. The van der Waals surface area contributed by atoms with E-state index in [1.165, 1.54) is 0 Å². The Balaban J connectivity index is 2.51. The molecular weight excluding hydrogens is 216 g/mol. The van der Waals surface area contributed by atoms with Gasteiger partial charge in [-0.25, -0.2) is 0 Å². The van der Waals surface area contributed by atoms with E-state index in [4.69, 9.17) is 5.73 Å². The number of nitrogens with zero attached hydrogens (tertiary/aromatic N) is 2. The zero-order chi connectivity index (χ0) is 13.0. The molecule has 0 aliphatic heterocycles. The molecular formula is C12H22N4O. The summed E-state index contributed by atoms with van der Waals surface area (Å²) in [5.41, 5.74) is 6.80. The van der Waals surface area contributed by atoms with Gasteiger partial charge in [0.15, 0.2) is 0 Å². The van der Waals surface area contributed by atoms with E-state index in [0.717, 1.165) is 5.56 Å². The van der Waals surface area contributed by atoms with Gasteiger partial charge < -0.3 is 11.1 Å². The SMILES string of the molecule is CC(C)C[C@H](N)C(=O)NC(C)c1cnn(C)c1. The van der Waals surface area contributed by atoms with Crippen molar-refractivity contribution in [1.82, 2.24) is 15.1 Å². The minimum atomic E-state index is -0.436. The van der Waals surface area contributed by atoms with Crippen molar-refractivity contribution in [2.75, 3.05) is 0 Å². The van der Waals surface area contributed by atoms with Crippen LogP contribution in [0.1, 0.15) is 38.8 Å². The van der Waals surface area contributed by atoms with E-state index in [9.17, 15) is 4.79 Å². The normalized spacial score (nSPS) is 14.7. The molecule has 0 aliphatic carbocycles. The molecule has 0 saturated carbocycles. The summed E-state index contributed by atoms with van der Waals surface area (Å²) in [6, 6.07) is -0.497. The smallest absolute Gasteiger partial charge is 0.237 e. The fraction of sp³-hybridized carbons (Fsp3) is 0.667. The van der Waals surface area contributed by atoms with E-state index < -0.39 is 6.04 Å². The average Bonchev–Trinajstić information content (AvgIpc) is 2.63. The van der Waals surface area contributed by atoms with E-state index in [2.05, 4.69) is 24.3 Å². The highest BCUT2D eigenvalue weighted by atomic mass is 16.2. The maximum Gasteiger partial charge on any atom is 0.237 e. The molecule has 1 heterocycles. The minimum Gasteiger partial charge on any atom is -0.348 e. The van der Waals surface area contributed by atoms with Gasteiger partial charge in [-0.05, 0) is 19.3 Å². The van der Waals surface area contributed by atoms with Crippen LogP contribution in [0.2, 0.25) is 0 Å². The lowest BCUT2D eigenvalue weighted by Crippen LogP contribution is -2.42. The standard InChI is InChI=1S/C12H22N4O/c1-8(2)5-11(13)12(17)15-9(3)10-6-14-16(4)7-10/h6-9,11H,5,13H2,1-4H3,(H,15,17)/t9?,11-/m0/s1. The lowest BCUT2D eigenvalue weighted by atomic mass is 10.0. The summed E-state index contributed by atoms with van der Waals surface area (Å²) in [6.07, 6.45) is 4.34. The van der Waals surface area contributed by atoms with Crippen LogP contribution >= 0.6 is 0 Å². The number of carbonyl (C=O) groups is 1. The Bertz CT molecular complexity index is 372. The van der Waals surface area contributed by atoms with Crippen LogP contribution in [0, 0.1) is 5.92 Å². The van der Waals surface area contributed by atoms with Crippen LogP contribution in [0.3, 0.4) is 0 Å². The van der Waals surface area contributed by atoms with Gasteiger partial charge in [0.1, 0.15) is 0 Å². The molecule has 1 rings (SSSR count). The van der Waals surface area contributed by atoms with Crippen LogP contribution in [-0.2, 0) is 11.8 Å². The average molecular weight is 238 g/mol. The zero-order valence-electron chi connectivity index (χ0n) is 11.0. The summed E-state index contributed by atoms with van der Waals surface area (Å²) in [7, 11) is 1.85. The summed E-state index contributed by atoms with van der Waals surface area (Å²) in [4.78, 5) is 11.8. The largest absolute Gasteiger partial charge is 0.348 e. The number of amides is 1. The van der Waals surface area contributed by atoms with Gasteiger partial charge in [0, 0.05) is 18.8 Å². The molecule has 3 N–H and O–H groups in total. The number of rotatable bonds is 5. The van der Waals surface area contributed by atoms with Crippen molar-refractivity contribution in [2.24, 2.45) is 18.7 Å². The van der Waals surface area contributed by atoms with Crippen molar-refractivity contribution < 1.29 is 4.79 Å². The number of nitrogens with one attached hydrogen (secondary N) is 1. The third kappa shape index (κ3) is 4.19. The monoisotopic (exact) mass is 238 g/mol. The Morgan fingerprint density at radius 2 is 2.18 bits per heavy atom. The van der Waals surface area contributed by atoms with Crippen LogP contribution in [0.4, 0.5) is 0 Å². The van der Waals surface area contributed by atoms with Gasteiger partial charge in [0.25, 0.3) is 0 Å². The Labute approximate surface area is 102 Å². The molecule has 96 valence electrons. The first-order valence-electron chi connectivity index (χ1n) is 5.94. The van der Waals surface area contributed by atoms with Crippen LogP contribution in [-0.4, -0.2) is 21.7 Å². The number of aromatic nitrogens is 2. The molecule has 17 heavy (non-hydrogen) atoms. The second-order valence-electron chi connectivity index (χ2n) is 4.91. The zero-order valence-corrected chi connectivity index (χ0v) is 11.0. The molecule has 0 fully saturated rings. The van der Waals surface area contributed by atoms with Crippen molar-refractivity contribution in [3.8, 4) is 0 Å². The van der Waals surface area contributed by atoms with E-state index >= 15 is 0 Å². The first kappa shape index (κ1) is 13.7. The van der Waals surface area contributed by atoms with Crippen LogP contribution < -0.4 is 11.1 Å². The third-order valence-corrected chi connectivity index (χ3v) is 2.65. The van der Waals surface area contributed by atoms with Crippen LogP contribution in [0.25, 0.3) is 0 Å². The van der Waals surface area contributed by atoms with Gasteiger partial charge in [-0.1, -0.05) is 13.8 Å². The Morgan fingerprint density at radius 3 is 2.65 bits per heavy atom. The van der Waals surface area contributed by atoms with Crippen molar-refractivity contribution in [2.45, 2.75) is 39.3 Å². The van der Waals surface area contributed by atoms with Crippen LogP contribution in [0.5, 0.6) is 0 Å². The minimum absolute atomic E-state index is 0.0607. The lowest BCUT2D eigenvalue weighted by molar-refractivity contribution is -0.123. The number of carbonyl (C=O) groups excluding carboxylic acids is 1. The second kappa shape index (κ2) is 5.82. The second-order valence-corrected chi connectivity index (χ2v) is 4.91. The van der Waals surface area contributed by atoms with E-state index in [0.29, 0.717) is 12.3 Å². The molecule has 2 atom stereocenters. The van der Waals surface area contributed by atoms with Gasteiger partial charge in [-0.15, -0.1) is 0 Å². The Hall–Kier alpha value is -1.36. The molecule has 0 saturated heterocycles. The van der Waals surface area contributed by atoms with Gasteiger partial charge in [-0.3, -0.25) is 9.48 Å². The summed E-state index contributed by atoms with van der Waals surface area (Å²) in [5, 5.41) is 6.97. The van der Waals surface area contributed by atoms with Gasteiger partial charge >= 0.3 is 0 Å². The lowest BCUT2D eigenvalue weighted by Gasteiger charge is -2.17. The van der Waals surface area contributed by atoms with E-state index in [-0.39, 0.29) is 11.9 Å². The quantitative estimate of drug-likeness (QED) is 0.803. The summed E-state index contributed by atoms with van der Waals surface area (Å²) in [6.45, 7) is 6.03. The van der Waals surface area contributed by atoms with Gasteiger partial charge in [-0.2, -0.15) is 5.10 Å². The molecule has 0 spiro atoms. The summed E-state index contributed by atoms with van der Waals surface area (Å²) >= 11 is 0. The number of nitrogens with two attached hydrogens (primary N) is 1. The first-order valence-corrected chi connectivity index (χ1v) is 5.94. The fourth-order valence-corrected chi connectivity index (χ4v) is 1.68. The fourth-order valence-electron chi connectivity index (χ4n) is 1.68. The predicted molar refractivity (Wildman–Crippen MR) is 67.2 cm³/mol. The highest BCUT2D eigenvalue weighted by Gasteiger charge is 2.18. The van der Waals surface area contributed by atoms with E-state index in [1.54, 1.807) is 10.9 Å². The Morgan fingerprint density at radius 1 is 1.53 bits per heavy atom. The number of hydrogen-bond acceptors (Lipinski definition) is 3. The highest BCUT2D eigenvalue weighted by molar-refractivity contribution is 5.81. The molecule has 5 nitrogen and oxygen atoms in total. The van der Waals surface area contributed by atoms with Crippen molar-refractivity contribution >= 4 is 5.91 Å². The molecule has 1 amide bonds. The van der Waals surface area contributed by atoms with Crippen molar-refractivity contribution in [3.63, 3.8) is 0 Å². The third-order valence-electron chi connectivity index (χ3n) is 2.65. The molecule has 1 unspecified atom stereocenters. The van der Waals surface area contributed by atoms with Crippen molar-refractivity contribution in [1.29, 1.82) is 0 Å². The van der Waals surface area contributed by atoms with Crippen LogP contribution in [0.15, 0.2) is 12.4 Å². The Kier molecular flexibility index (Phi) is 4.69. The first-order chi connectivity index (χ1) is 7.90.